The number of carbonyl (C=O) groups is 1. The molecule has 0 spiro atoms. The van der Waals surface area contributed by atoms with Gasteiger partial charge in [-0.2, -0.15) is 0 Å². The van der Waals surface area contributed by atoms with Crippen molar-refractivity contribution < 1.29 is 4.79 Å². The Morgan fingerprint density at radius 3 is 2.21 bits per heavy atom. The van der Waals surface area contributed by atoms with Crippen molar-refractivity contribution in [1.29, 1.82) is 10.8 Å². The van der Waals surface area contributed by atoms with E-state index in [0.29, 0.717) is 25.2 Å². The molecule has 1 amide bonds. The van der Waals surface area contributed by atoms with Gasteiger partial charge in [-0.15, -0.1) is 0 Å². The van der Waals surface area contributed by atoms with Crippen molar-refractivity contribution in [3.63, 3.8) is 0 Å². The van der Waals surface area contributed by atoms with E-state index in [1.54, 1.807) is 18.7 Å². The van der Waals surface area contributed by atoms with Gasteiger partial charge in [-0.05, 0) is 31.5 Å². The van der Waals surface area contributed by atoms with Crippen LogP contribution in [-0.4, -0.2) is 49.5 Å². The van der Waals surface area contributed by atoms with E-state index in [0.717, 1.165) is 33.8 Å². The van der Waals surface area contributed by atoms with Crippen LogP contribution in [0, 0.1) is 10.8 Å². The summed E-state index contributed by atoms with van der Waals surface area (Å²) in [6, 6.07) is 7.70. The standard InChI is InChI=1S/C21H30N6O/c1-13(22)20(14(2)24-4)16-6-8-17(9-7-16)26-21(23)18-12-27(15(3)28)11-10-19(18)25-5/h6-9,22,24-25H,10-12H2,1-5H3,(H2,23,26)/b20-14+,22-13?. The Balaban J connectivity index is 2.21. The van der Waals surface area contributed by atoms with Crippen molar-refractivity contribution in [2.45, 2.75) is 27.2 Å². The molecule has 1 heterocycles. The average Bonchev–Trinajstić information content (AvgIpc) is 2.68. The zero-order valence-electron chi connectivity index (χ0n) is 17.3. The normalized spacial score (nSPS) is 15.0. The van der Waals surface area contributed by atoms with Gasteiger partial charge < -0.3 is 26.3 Å². The third-order valence-electron chi connectivity index (χ3n) is 4.96. The molecule has 0 radical (unpaired) electrons. The Bertz CT molecular complexity index is 835. The van der Waals surface area contributed by atoms with Crippen LogP contribution in [0.1, 0.15) is 32.8 Å². The Morgan fingerprint density at radius 2 is 1.71 bits per heavy atom. The van der Waals surface area contributed by atoms with Gasteiger partial charge >= 0.3 is 0 Å². The summed E-state index contributed by atoms with van der Waals surface area (Å²) in [5.74, 6) is 0.305. The lowest BCUT2D eigenvalue weighted by Crippen LogP contribution is -2.40. The van der Waals surface area contributed by atoms with E-state index in [4.69, 9.17) is 10.8 Å². The van der Waals surface area contributed by atoms with Gasteiger partial charge in [0, 0.05) is 67.9 Å². The fourth-order valence-electron chi connectivity index (χ4n) is 3.32. The lowest BCUT2D eigenvalue weighted by atomic mass is 9.99. The molecule has 1 aliphatic rings. The SMILES string of the molecule is CNC1=C(C(=N)Nc2ccc(/C(C(C)=N)=C(\C)NC)cc2)CN(C(C)=O)CC1. The van der Waals surface area contributed by atoms with Crippen LogP contribution in [0.3, 0.4) is 0 Å². The van der Waals surface area contributed by atoms with Gasteiger partial charge in [-0.1, -0.05) is 12.1 Å². The van der Waals surface area contributed by atoms with E-state index < -0.39 is 0 Å². The van der Waals surface area contributed by atoms with Crippen LogP contribution in [0.2, 0.25) is 0 Å². The van der Waals surface area contributed by atoms with E-state index in [1.807, 2.05) is 45.3 Å². The fourth-order valence-corrected chi connectivity index (χ4v) is 3.32. The van der Waals surface area contributed by atoms with Crippen molar-refractivity contribution in [2.75, 3.05) is 32.5 Å². The van der Waals surface area contributed by atoms with Crippen LogP contribution >= 0.6 is 0 Å². The maximum Gasteiger partial charge on any atom is 0.219 e. The molecule has 0 saturated carbocycles. The van der Waals surface area contributed by atoms with Crippen molar-refractivity contribution >= 4 is 28.7 Å². The van der Waals surface area contributed by atoms with Crippen LogP contribution in [-0.2, 0) is 4.79 Å². The minimum Gasteiger partial charge on any atom is -0.391 e. The summed E-state index contributed by atoms with van der Waals surface area (Å²) < 4.78 is 0. The minimum absolute atomic E-state index is 0.0195. The van der Waals surface area contributed by atoms with Crippen molar-refractivity contribution in [2.24, 2.45) is 0 Å². The maximum absolute atomic E-state index is 11.7. The van der Waals surface area contributed by atoms with Gasteiger partial charge in [-0.25, -0.2) is 0 Å². The second kappa shape index (κ2) is 9.21. The number of hydrogen-bond acceptors (Lipinski definition) is 5. The zero-order valence-corrected chi connectivity index (χ0v) is 17.3. The van der Waals surface area contributed by atoms with Crippen LogP contribution in [0.25, 0.3) is 5.57 Å². The van der Waals surface area contributed by atoms with Crippen LogP contribution < -0.4 is 16.0 Å². The number of hydrogen-bond donors (Lipinski definition) is 5. The summed E-state index contributed by atoms with van der Waals surface area (Å²) in [6.07, 6.45) is 0.713. The monoisotopic (exact) mass is 382 g/mol. The van der Waals surface area contributed by atoms with Gasteiger partial charge in [0.25, 0.3) is 0 Å². The number of amidine groups is 1. The quantitative estimate of drug-likeness (QED) is 0.385. The Morgan fingerprint density at radius 1 is 1.07 bits per heavy atom. The lowest BCUT2D eigenvalue weighted by Gasteiger charge is -2.30. The number of nitrogens with zero attached hydrogens (tertiary/aromatic N) is 1. The molecule has 0 unspecified atom stereocenters. The van der Waals surface area contributed by atoms with Gasteiger partial charge in [0.1, 0.15) is 5.84 Å². The molecule has 0 aromatic heterocycles. The van der Waals surface area contributed by atoms with E-state index in [9.17, 15) is 4.79 Å². The summed E-state index contributed by atoms with van der Waals surface area (Å²) in [5.41, 5.74) is 5.84. The smallest absolute Gasteiger partial charge is 0.219 e. The summed E-state index contributed by atoms with van der Waals surface area (Å²) in [7, 11) is 3.69. The molecule has 7 nitrogen and oxygen atoms in total. The second-order valence-corrected chi connectivity index (χ2v) is 6.85. The molecule has 7 heteroatoms. The molecule has 5 N–H and O–H groups in total. The zero-order chi connectivity index (χ0) is 20.8. The van der Waals surface area contributed by atoms with E-state index in [2.05, 4.69) is 16.0 Å². The molecule has 0 atom stereocenters. The molecule has 2 rings (SSSR count). The van der Waals surface area contributed by atoms with Crippen LogP contribution in [0.15, 0.2) is 41.2 Å². The fraction of sp³-hybridized carbons (Fsp3) is 0.381. The molecule has 1 aromatic rings. The molecular weight excluding hydrogens is 352 g/mol. The summed E-state index contributed by atoms with van der Waals surface area (Å²) in [4.78, 5) is 13.5. The lowest BCUT2D eigenvalue weighted by molar-refractivity contribution is -0.128. The highest BCUT2D eigenvalue weighted by atomic mass is 16.2. The molecule has 1 aliphatic heterocycles. The van der Waals surface area contributed by atoms with Gasteiger partial charge in [0.15, 0.2) is 0 Å². The number of benzene rings is 1. The van der Waals surface area contributed by atoms with Crippen LogP contribution in [0.4, 0.5) is 5.69 Å². The summed E-state index contributed by atoms with van der Waals surface area (Å²) >= 11 is 0. The Kier molecular flexibility index (Phi) is 6.98. The molecule has 0 aliphatic carbocycles. The topological polar surface area (TPSA) is 104 Å². The second-order valence-electron chi connectivity index (χ2n) is 6.85. The molecule has 150 valence electrons. The predicted molar refractivity (Wildman–Crippen MR) is 116 cm³/mol. The van der Waals surface area contributed by atoms with E-state index in [1.165, 1.54) is 0 Å². The number of nitrogens with one attached hydrogen (secondary N) is 5. The average molecular weight is 383 g/mol. The first kappa shape index (κ1) is 21.2. The highest BCUT2D eigenvalue weighted by Gasteiger charge is 2.23. The van der Waals surface area contributed by atoms with Crippen molar-refractivity contribution in [3.05, 3.63) is 46.8 Å². The van der Waals surface area contributed by atoms with E-state index in [-0.39, 0.29) is 11.7 Å². The molecule has 1 aromatic carbocycles. The number of carbonyl (C=O) groups excluding carboxylic acids is 1. The first-order valence-electron chi connectivity index (χ1n) is 9.34. The predicted octanol–water partition coefficient (Wildman–Crippen LogP) is 2.79. The van der Waals surface area contributed by atoms with Gasteiger partial charge in [0.05, 0.1) is 6.54 Å². The highest BCUT2D eigenvalue weighted by Crippen LogP contribution is 2.22. The maximum atomic E-state index is 11.7. The molecule has 0 bridgehead atoms. The third-order valence-corrected chi connectivity index (χ3v) is 4.96. The first-order valence-corrected chi connectivity index (χ1v) is 9.34. The molecular formula is C21H30N6O. The number of rotatable bonds is 6. The molecule has 0 fully saturated rings. The number of allylic oxidation sites excluding steroid dienone is 2. The van der Waals surface area contributed by atoms with Crippen molar-refractivity contribution in [3.8, 4) is 0 Å². The summed E-state index contributed by atoms with van der Waals surface area (Å²) in [6.45, 7) is 6.37. The summed E-state index contributed by atoms with van der Waals surface area (Å²) in [5, 5.41) is 25.9. The first-order chi connectivity index (χ1) is 13.3. The Labute approximate surface area is 166 Å². The minimum atomic E-state index is 0.0195. The highest BCUT2D eigenvalue weighted by molar-refractivity contribution is 6.22. The van der Waals surface area contributed by atoms with E-state index >= 15 is 0 Å². The van der Waals surface area contributed by atoms with Crippen molar-refractivity contribution in [1.82, 2.24) is 15.5 Å². The Hall–Kier alpha value is -3.09. The van der Waals surface area contributed by atoms with Crippen LogP contribution in [0.5, 0.6) is 0 Å². The third kappa shape index (κ3) is 4.79. The largest absolute Gasteiger partial charge is 0.391 e. The number of anilines is 1. The molecule has 0 saturated heterocycles. The van der Waals surface area contributed by atoms with Gasteiger partial charge in [-0.3, -0.25) is 10.2 Å². The molecule has 28 heavy (non-hydrogen) atoms. The number of amides is 1. The van der Waals surface area contributed by atoms with Gasteiger partial charge in [0.2, 0.25) is 5.91 Å².